The highest BCUT2D eigenvalue weighted by atomic mass is 16.4. The van der Waals surface area contributed by atoms with Crippen molar-refractivity contribution < 1.29 is 9.52 Å². The third kappa shape index (κ3) is 3.82. The van der Waals surface area contributed by atoms with Gasteiger partial charge in [-0.05, 0) is 69.6 Å². The lowest BCUT2D eigenvalue weighted by molar-refractivity contribution is 0.217. The van der Waals surface area contributed by atoms with Crippen molar-refractivity contribution in [2.45, 2.75) is 32.8 Å². The van der Waals surface area contributed by atoms with E-state index in [1.54, 1.807) is 6.07 Å². The predicted octanol–water partition coefficient (Wildman–Crippen LogP) is 3.21. The van der Waals surface area contributed by atoms with Gasteiger partial charge in [0.05, 0.1) is 5.69 Å². The van der Waals surface area contributed by atoms with E-state index in [1.165, 1.54) is 12.8 Å². The van der Waals surface area contributed by atoms with E-state index in [0.29, 0.717) is 23.3 Å². The molecule has 6 nitrogen and oxygen atoms in total. The molecule has 6 heteroatoms. The predicted molar refractivity (Wildman–Crippen MR) is 104 cm³/mol. The molecule has 0 aliphatic carbocycles. The van der Waals surface area contributed by atoms with E-state index < -0.39 is 0 Å². The van der Waals surface area contributed by atoms with E-state index in [0.717, 1.165) is 36.6 Å². The van der Waals surface area contributed by atoms with Crippen LogP contribution in [-0.2, 0) is 13.0 Å². The second kappa shape index (κ2) is 7.66. The van der Waals surface area contributed by atoms with E-state index in [2.05, 4.69) is 24.9 Å². The summed E-state index contributed by atoms with van der Waals surface area (Å²) in [6, 6.07) is 11.8. The Hall–Kier alpha value is -2.44. The van der Waals surface area contributed by atoms with Crippen LogP contribution in [0, 0.1) is 12.8 Å². The number of aryl methyl sites for hydroxylation is 1. The van der Waals surface area contributed by atoms with Crippen LogP contribution in [0.25, 0.3) is 17.3 Å². The van der Waals surface area contributed by atoms with Gasteiger partial charge in [0, 0.05) is 6.42 Å². The number of hydrogen-bond acceptors (Lipinski definition) is 5. The molecule has 142 valence electrons. The zero-order valence-corrected chi connectivity index (χ0v) is 15.9. The first-order valence-corrected chi connectivity index (χ1v) is 9.54. The molecule has 0 bridgehead atoms. The number of piperidine rings is 1. The highest BCUT2D eigenvalue weighted by Gasteiger charge is 2.22. The minimum absolute atomic E-state index is 0.124. The fraction of sp³-hybridized carbons (Fsp3) is 0.429. The second-order valence-corrected chi connectivity index (χ2v) is 7.42. The van der Waals surface area contributed by atoms with Crippen molar-refractivity contribution in [1.82, 2.24) is 19.7 Å². The van der Waals surface area contributed by atoms with Crippen molar-refractivity contribution in [3.8, 4) is 17.3 Å². The summed E-state index contributed by atoms with van der Waals surface area (Å²) in [5.41, 5.74) is 2.13. The lowest BCUT2D eigenvalue weighted by atomic mass is 9.94. The molecule has 0 atom stereocenters. The van der Waals surface area contributed by atoms with Gasteiger partial charge in [0.1, 0.15) is 12.4 Å². The molecular formula is C21H26N4O2. The Labute approximate surface area is 159 Å². The molecule has 3 aromatic rings. The van der Waals surface area contributed by atoms with E-state index in [-0.39, 0.29) is 6.61 Å². The van der Waals surface area contributed by atoms with E-state index >= 15 is 0 Å². The average Bonchev–Trinajstić information content (AvgIpc) is 3.31. The van der Waals surface area contributed by atoms with Gasteiger partial charge in [-0.2, -0.15) is 5.10 Å². The van der Waals surface area contributed by atoms with Crippen LogP contribution < -0.4 is 0 Å². The van der Waals surface area contributed by atoms with Gasteiger partial charge in [-0.1, -0.05) is 18.2 Å². The first-order chi connectivity index (χ1) is 13.1. The summed E-state index contributed by atoms with van der Waals surface area (Å²) in [6.45, 7) is 4.21. The molecule has 0 spiro atoms. The van der Waals surface area contributed by atoms with Crippen molar-refractivity contribution in [3.05, 3.63) is 53.5 Å². The second-order valence-electron chi connectivity index (χ2n) is 7.42. The van der Waals surface area contributed by atoms with Crippen LogP contribution in [0.5, 0.6) is 0 Å². The van der Waals surface area contributed by atoms with E-state index in [9.17, 15) is 5.11 Å². The summed E-state index contributed by atoms with van der Waals surface area (Å²) in [6.07, 6.45) is 3.24. The Kier molecular flexibility index (Phi) is 5.09. The maximum Gasteiger partial charge on any atom is 0.199 e. The standard InChI is InChI=1S/C21H26N4O2/c1-15-5-3-4-6-18(15)25-21(19-8-7-17(14-26)27-19)22-20(23-25)13-16-9-11-24(2)12-10-16/h3-8,16,26H,9-14H2,1-2H3. The maximum atomic E-state index is 9.33. The highest BCUT2D eigenvalue weighted by molar-refractivity contribution is 5.53. The normalized spacial score (nSPS) is 16.1. The minimum Gasteiger partial charge on any atom is -0.455 e. The molecule has 27 heavy (non-hydrogen) atoms. The molecule has 4 rings (SSSR count). The van der Waals surface area contributed by atoms with Gasteiger partial charge in [0.25, 0.3) is 0 Å². The Morgan fingerprint density at radius 3 is 2.63 bits per heavy atom. The molecule has 1 aliphatic rings. The number of benzene rings is 1. The van der Waals surface area contributed by atoms with Crippen molar-refractivity contribution in [2.75, 3.05) is 20.1 Å². The number of rotatable bonds is 5. The Balaban J connectivity index is 1.69. The molecule has 1 N–H and O–H groups in total. The summed E-state index contributed by atoms with van der Waals surface area (Å²) < 4.78 is 7.63. The quantitative estimate of drug-likeness (QED) is 0.751. The van der Waals surface area contributed by atoms with Crippen LogP contribution in [0.15, 0.2) is 40.8 Å². The van der Waals surface area contributed by atoms with Gasteiger partial charge in [0.2, 0.25) is 0 Å². The number of hydrogen-bond donors (Lipinski definition) is 1. The summed E-state index contributed by atoms with van der Waals surface area (Å²) in [7, 11) is 2.18. The summed E-state index contributed by atoms with van der Waals surface area (Å²) >= 11 is 0. The van der Waals surface area contributed by atoms with E-state index in [4.69, 9.17) is 14.5 Å². The molecule has 0 amide bonds. The first kappa shape index (κ1) is 17.9. The molecule has 2 aromatic heterocycles. The van der Waals surface area contributed by atoms with Crippen molar-refractivity contribution in [2.24, 2.45) is 5.92 Å². The largest absolute Gasteiger partial charge is 0.455 e. The smallest absolute Gasteiger partial charge is 0.199 e. The Morgan fingerprint density at radius 2 is 1.93 bits per heavy atom. The molecule has 0 radical (unpaired) electrons. The van der Waals surface area contributed by atoms with Gasteiger partial charge in [-0.25, -0.2) is 9.67 Å². The van der Waals surface area contributed by atoms with E-state index in [1.807, 2.05) is 28.9 Å². The number of likely N-dealkylation sites (tertiary alicyclic amines) is 1. The van der Waals surface area contributed by atoms with Crippen LogP contribution in [0.3, 0.4) is 0 Å². The zero-order chi connectivity index (χ0) is 18.8. The van der Waals surface area contributed by atoms with Crippen molar-refractivity contribution >= 4 is 0 Å². The van der Waals surface area contributed by atoms with Crippen LogP contribution in [0.2, 0.25) is 0 Å². The molecule has 0 saturated carbocycles. The molecule has 1 saturated heterocycles. The molecule has 1 aromatic carbocycles. The van der Waals surface area contributed by atoms with Crippen LogP contribution in [0.4, 0.5) is 0 Å². The molecular weight excluding hydrogens is 340 g/mol. The van der Waals surface area contributed by atoms with Gasteiger partial charge in [-0.3, -0.25) is 0 Å². The topological polar surface area (TPSA) is 67.3 Å². The Morgan fingerprint density at radius 1 is 1.15 bits per heavy atom. The molecule has 3 heterocycles. The fourth-order valence-electron chi connectivity index (χ4n) is 3.68. The van der Waals surface area contributed by atoms with Gasteiger partial charge in [-0.15, -0.1) is 0 Å². The number of furan rings is 1. The number of aliphatic hydroxyl groups is 1. The summed E-state index contributed by atoms with van der Waals surface area (Å²) in [5.74, 6) is 3.31. The third-order valence-electron chi connectivity index (χ3n) is 5.34. The summed E-state index contributed by atoms with van der Waals surface area (Å²) in [5, 5.41) is 14.2. The van der Waals surface area contributed by atoms with Gasteiger partial charge >= 0.3 is 0 Å². The fourth-order valence-corrected chi connectivity index (χ4v) is 3.68. The average molecular weight is 366 g/mol. The number of aliphatic hydroxyl groups excluding tert-OH is 1. The van der Waals surface area contributed by atoms with Gasteiger partial charge < -0.3 is 14.4 Å². The minimum atomic E-state index is -0.124. The van der Waals surface area contributed by atoms with Crippen LogP contribution in [0.1, 0.15) is 30.0 Å². The maximum absolute atomic E-state index is 9.33. The van der Waals surface area contributed by atoms with Crippen LogP contribution in [-0.4, -0.2) is 44.9 Å². The first-order valence-electron chi connectivity index (χ1n) is 9.54. The lowest BCUT2D eigenvalue weighted by Crippen LogP contribution is -2.31. The Bertz CT molecular complexity index is 907. The molecule has 1 fully saturated rings. The van der Waals surface area contributed by atoms with Crippen molar-refractivity contribution in [3.63, 3.8) is 0 Å². The monoisotopic (exact) mass is 366 g/mol. The van der Waals surface area contributed by atoms with Crippen LogP contribution >= 0.6 is 0 Å². The van der Waals surface area contributed by atoms with Crippen molar-refractivity contribution in [1.29, 1.82) is 0 Å². The lowest BCUT2D eigenvalue weighted by Gasteiger charge is -2.28. The third-order valence-corrected chi connectivity index (χ3v) is 5.34. The molecule has 0 unspecified atom stereocenters. The zero-order valence-electron chi connectivity index (χ0n) is 15.9. The highest BCUT2D eigenvalue weighted by Crippen LogP contribution is 2.27. The number of nitrogens with zero attached hydrogens (tertiary/aromatic N) is 4. The number of para-hydroxylation sites is 1. The SMILES string of the molecule is Cc1ccccc1-n1nc(CC2CCN(C)CC2)nc1-c1ccc(CO)o1. The molecule has 1 aliphatic heterocycles. The number of aromatic nitrogens is 3. The summed E-state index contributed by atoms with van der Waals surface area (Å²) in [4.78, 5) is 7.20. The van der Waals surface area contributed by atoms with Gasteiger partial charge in [0.15, 0.2) is 17.4 Å².